The molecule has 3 aromatic heterocycles. The Morgan fingerprint density at radius 1 is 0.457 bits per heavy atom. The van der Waals surface area contributed by atoms with Crippen LogP contribution < -0.4 is 0 Å². The molecule has 0 unspecified atom stereocenters. The predicted octanol–water partition coefficient (Wildman–Crippen LogP) is 11.1. The van der Waals surface area contributed by atoms with Crippen LogP contribution in [0.25, 0.3) is 105 Å². The average molecular weight is 586 g/mol. The third-order valence-corrected chi connectivity index (χ3v) is 9.72. The lowest BCUT2D eigenvalue weighted by Crippen LogP contribution is -2.04. The normalized spacial score (nSPS) is 12.3. The maximum Gasteiger partial charge on any atom is 0.165 e. The van der Waals surface area contributed by atoms with Crippen molar-refractivity contribution in [1.29, 1.82) is 0 Å². The molecule has 46 heavy (non-hydrogen) atoms. The molecule has 0 saturated heterocycles. The van der Waals surface area contributed by atoms with Crippen molar-refractivity contribution in [2.24, 2.45) is 0 Å². The molecule has 1 aliphatic carbocycles. The summed E-state index contributed by atoms with van der Waals surface area (Å²) in [4.78, 5) is 10.7. The van der Waals surface area contributed by atoms with Crippen molar-refractivity contribution in [3.05, 3.63) is 140 Å². The zero-order chi connectivity index (χ0) is 29.9. The van der Waals surface area contributed by atoms with Crippen molar-refractivity contribution in [2.45, 2.75) is 0 Å². The van der Waals surface area contributed by atoms with Gasteiger partial charge in [-0.1, -0.05) is 97.1 Å². The van der Waals surface area contributed by atoms with Gasteiger partial charge in [-0.25, -0.2) is 9.97 Å². The van der Waals surface area contributed by atoms with Gasteiger partial charge in [0.25, 0.3) is 0 Å². The Hall–Kier alpha value is -6.26. The molecule has 0 radical (unpaired) electrons. The number of rotatable bonds is 2. The van der Waals surface area contributed by atoms with Gasteiger partial charge in [0.2, 0.25) is 0 Å². The molecule has 0 amide bonds. The number of aromatic nitrogens is 3. The summed E-state index contributed by atoms with van der Waals surface area (Å²) in [5, 5.41) is 7.21. The van der Waals surface area contributed by atoms with E-state index in [2.05, 4.69) is 108 Å². The Morgan fingerprint density at radius 3 is 2.00 bits per heavy atom. The van der Waals surface area contributed by atoms with Gasteiger partial charge in [0, 0.05) is 27.1 Å². The number of hydrogen-bond acceptors (Lipinski definition) is 3. The van der Waals surface area contributed by atoms with Crippen LogP contribution in [0.4, 0.5) is 0 Å². The monoisotopic (exact) mass is 585 g/mol. The van der Waals surface area contributed by atoms with E-state index in [4.69, 9.17) is 14.4 Å². The summed E-state index contributed by atoms with van der Waals surface area (Å²) < 4.78 is 8.67. The van der Waals surface area contributed by atoms with Crippen molar-refractivity contribution in [1.82, 2.24) is 14.5 Å². The fraction of sp³-hybridized carbons (Fsp3) is 0. The maximum absolute atomic E-state index is 6.34. The van der Waals surface area contributed by atoms with E-state index in [0.29, 0.717) is 0 Å². The summed E-state index contributed by atoms with van der Waals surface area (Å²) in [6.07, 6.45) is 0. The molecule has 3 heterocycles. The summed E-state index contributed by atoms with van der Waals surface area (Å²) in [6, 6.07) is 49.4. The van der Waals surface area contributed by atoms with Crippen LogP contribution in [0, 0.1) is 0 Å². The molecule has 1 aliphatic rings. The molecule has 0 N–H and O–H groups in total. The number of hydrogen-bond donors (Lipinski definition) is 0. The average Bonchev–Trinajstić information content (AvgIpc) is 3.62. The van der Waals surface area contributed by atoms with Crippen LogP contribution in [0.5, 0.6) is 0 Å². The van der Waals surface area contributed by atoms with E-state index in [0.717, 1.165) is 61.1 Å². The summed E-state index contributed by atoms with van der Waals surface area (Å²) in [6.45, 7) is 0. The van der Waals surface area contributed by atoms with Crippen molar-refractivity contribution in [3.63, 3.8) is 0 Å². The minimum atomic E-state index is 0.803. The zero-order valence-electron chi connectivity index (χ0n) is 24.5. The van der Waals surface area contributed by atoms with E-state index in [-0.39, 0.29) is 0 Å². The van der Waals surface area contributed by atoms with Crippen LogP contribution in [0.2, 0.25) is 0 Å². The quantitative estimate of drug-likeness (QED) is 0.203. The molecule has 10 aromatic rings. The highest BCUT2D eigenvalue weighted by Gasteiger charge is 2.26. The molecule has 0 atom stereocenters. The summed E-state index contributed by atoms with van der Waals surface area (Å²) >= 11 is 0. The Morgan fingerprint density at radius 2 is 1.13 bits per heavy atom. The van der Waals surface area contributed by atoms with E-state index in [1.54, 1.807) is 0 Å². The van der Waals surface area contributed by atoms with Gasteiger partial charge in [0.05, 0.1) is 22.1 Å². The highest BCUT2D eigenvalue weighted by molar-refractivity contribution is 6.30. The Labute approximate surface area is 262 Å². The standard InChI is InChI=1S/C42H23N3O/c1-2-11-27-26(10-1)30-13-7-9-24-20-22-35-40(38(24)30)39-31(27)14-8-17-34(39)45(35)42-41(43-32-15-4-5-16-33(32)44-42)25-19-21-29-28-12-3-6-18-36(28)46-37(29)23-25/h1-23H. The van der Waals surface area contributed by atoms with E-state index < -0.39 is 0 Å². The largest absolute Gasteiger partial charge is 0.456 e. The zero-order valence-corrected chi connectivity index (χ0v) is 24.5. The first-order valence-corrected chi connectivity index (χ1v) is 15.6. The Bertz CT molecular complexity index is 2930. The lowest BCUT2D eigenvalue weighted by atomic mass is 9.93. The second kappa shape index (κ2) is 8.68. The van der Waals surface area contributed by atoms with E-state index in [1.165, 1.54) is 43.8 Å². The molecule has 0 fully saturated rings. The van der Waals surface area contributed by atoms with Gasteiger partial charge in [-0.05, 0) is 75.5 Å². The minimum Gasteiger partial charge on any atom is -0.456 e. The first-order valence-electron chi connectivity index (χ1n) is 15.6. The molecular formula is C42H23N3O. The number of furan rings is 1. The third-order valence-electron chi connectivity index (χ3n) is 9.72. The van der Waals surface area contributed by atoms with E-state index in [9.17, 15) is 0 Å². The van der Waals surface area contributed by atoms with Crippen LogP contribution >= 0.6 is 0 Å². The first-order chi connectivity index (χ1) is 22.8. The molecule has 0 bridgehead atoms. The number of fused-ring (bicyclic) bond motifs is 7. The van der Waals surface area contributed by atoms with Gasteiger partial charge in [0.15, 0.2) is 5.82 Å². The highest BCUT2D eigenvalue weighted by atomic mass is 16.3. The summed E-state index contributed by atoms with van der Waals surface area (Å²) in [7, 11) is 0. The predicted molar refractivity (Wildman–Crippen MR) is 189 cm³/mol. The molecule has 7 aromatic carbocycles. The van der Waals surface area contributed by atoms with Crippen molar-refractivity contribution in [2.75, 3.05) is 0 Å². The summed E-state index contributed by atoms with van der Waals surface area (Å²) in [5.74, 6) is 0.803. The van der Waals surface area contributed by atoms with Crippen LogP contribution in [0.3, 0.4) is 0 Å². The lowest BCUT2D eigenvalue weighted by Gasteiger charge is -2.15. The van der Waals surface area contributed by atoms with Gasteiger partial charge < -0.3 is 4.42 Å². The molecular weight excluding hydrogens is 562 g/mol. The minimum absolute atomic E-state index is 0.803. The van der Waals surface area contributed by atoms with E-state index >= 15 is 0 Å². The number of para-hydroxylation sites is 3. The van der Waals surface area contributed by atoms with Crippen LogP contribution in [0.15, 0.2) is 144 Å². The number of nitrogens with zero attached hydrogens (tertiary/aromatic N) is 3. The van der Waals surface area contributed by atoms with Crippen LogP contribution in [-0.2, 0) is 0 Å². The van der Waals surface area contributed by atoms with Gasteiger partial charge in [0.1, 0.15) is 16.9 Å². The SMILES string of the molecule is c1ccc2c(c1)-c1cccc3ccc4c(c13)c1c-2cccc1n4-c1nc2ccccc2nc1-c1ccc2c(c1)oc1ccccc12. The second-order valence-corrected chi connectivity index (χ2v) is 12.1. The maximum atomic E-state index is 6.34. The number of benzene rings is 7. The van der Waals surface area contributed by atoms with E-state index in [1.807, 2.05) is 36.4 Å². The van der Waals surface area contributed by atoms with Gasteiger partial charge in [-0.15, -0.1) is 0 Å². The Balaban J connectivity index is 1.30. The molecule has 212 valence electrons. The van der Waals surface area contributed by atoms with Gasteiger partial charge >= 0.3 is 0 Å². The lowest BCUT2D eigenvalue weighted by molar-refractivity contribution is 0.669. The van der Waals surface area contributed by atoms with Crippen molar-refractivity contribution < 1.29 is 4.42 Å². The highest BCUT2D eigenvalue weighted by Crippen LogP contribution is 2.50. The third kappa shape index (κ3) is 3.07. The Kier molecular flexibility index (Phi) is 4.55. The molecule has 4 nitrogen and oxygen atoms in total. The molecule has 11 rings (SSSR count). The fourth-order valence-electron chi connectivity index (χ4n) is 7.77. The second-order valence-electron chi connectivity index (χ2n) is 12.1. The van der Waals surface area contributed by atoms with Gasteiger partial charge in [-0.2, -0.15) is 0 Å². The molecule has 0 saturated carbocycles. The van der Waals surface area contributed by atoms with Crippen molar-refractivity contribution >= 4 is 65.6 Å². The van der Waals surface area contributed by atoms with Gasteiger partial charge in [-0.3, -0.25) is 4.57 Å². The fourth-order valence-corrected chi connectivity index (χ4v) is 7.77. The van der Waals surface area contributed by atoms with Crippen LogP contribution in [-0.4, -0.2) is 14.5 Å². The smallest absolute Gasteiger partial charge is 0.165 e. The molecule has 0 aliphatic heterocycles. The molecule has 0 spiro atoms. The topological polar surface area (TPSA) is 43.9 Å². The van der Waals surface area contributed by atoms with Crippen molar-refractivity contribution in [3.8, 4) is 39.3 Å². The molecule has 4 heteroatoms. The first kappa shape index (κ1) is 24.1. The summed E-state index contributed by atoms with van der Waals surface area (Å²) in [5.41, 5.74) is 12.4. The van der Waals surface area contributed by atoms with Crippen LogP contribution in [0.1, 0.15) is 0 Å².